The first-order chi connectivity index (χ1) is 7.68. The van der Waals surface area contributed by atoms with Crippen LogP contribution in [-0.4, -0.2) is 22.6 Å². The lowest BCUT2D eigenvalue weighted by molar-refractivity contribution is 0.219. The Morgan fingerprint density at radius 1 is 1.19 bits per heavy atom. The average molecular weight is 285 g/mol. The van der Waals surface area contributed by atoms with Gasteiger partial charge in [0, 0.05) is 19.3 Å². The van der Waals surface area contributed by atoms with E-state index in [-0.39, 0.29) is 0 Å². The van der Waals surface area contributed by atoms with Gasteiger partial charge in [0.15, 0.2) is 0 Å². The molecule has 3 heteroatoms. The van der Waals surface area contributed by atoms with Crippen LogP contribution in [0.4, 0.5) is 0 Å². The Morgan fingerprint density at radius 3 is 2.31 bits per heavy atom. The van der Waals surface area contributed by atoms with Gasteiger partial charge in [0.1, 0.15) is 0 Å². The fourth-order valence-electron chi connectivity index (χ4n) is 2.48. The molecule has 0 bridgehead atoms. The molecule has 1 aromatic heterocycles. The molecule has 1 aliphatic heterocycles. The van der Waals surface area contributed by atoms with E-state index in [9.17, 15) is 0 Å². The molecule has 16 heavy (non-hydrogen) atoms. The Hall–Kier alpha value is -0.280. The van der Waals surface area contributed by atoms with Crippen LogP contribution in [0.25, 0.3) is 0 Å². The number of aryl methyl sites for hydroxylation is 1. The van der Waals surface area contributed by atoms with Gasteiger partial charge in [-0.05, 0) is 60.4 Å². The lowest BCUT2D eigenvalue weighted by atomic mass is 10.1. The maximum atomic E-state index is 3.57. The van der Waals surface area contributed by atoms with Crippen molar-refractivity contribution in [2.45, 2.75) is 38.6 Å². The predicted molar refractivity (Wildman–Crippen MR) is 71.6 cm³/mol. The first-order valence-corrected chi connectivity index (χ1v) is 7.03. The SMILES string of the molecule is CC(c1cc(Br)n(C)c1)N1CCCCCC1. The van der Waals surface area contributed by atoms with Gasteiger partial charge >= 0.3 is 0 Å². The quantitative estimate of drug-likeness (QED) is 0.804. The monoisotopic (exact) mass is 284 g/mol. The van der Waals surface area contributed by atoms with Gasteiger partial charge in [0.25, 0.3) is 0 Å². The molecular weight excluding hydrogens is 264 g/mol. The fraction of sp³-hybridized carbons (Fsp3) is 0.692. The molecule has 0 radical (unpaired) electrons. The Labute approximate surface area is 107 Å². The first-order valence-electron chi connectivity index (χ1n) is 6.24. The zero-order chi connectivity index (χ0) is 11.5. The van der Waals surface area contributed by atoms with E-state index in [0.29, 0.717) is 6.04 Å². The number of hydrogen-bond donors (Lipinski definition) is 0. The second-order valence-corrected chi connectivity index (χ2v) is 5.65. The van der Waals surface area contributed by atoms with Gasteiger partial charge < -0.3 is 4.57 Å². The maximum Gasteiger partial charge on any atom is 0.0847 e. The molecule has 1 unspecified atom stereocenters. The number of nitrogens with zero attached hydrogens (tertiary/aromatic N) is 2. The van der Waals surface area contributed by atoms with Gasteiger partial charge in [-0.2, -0.15) is 0 Å². The third-order valence-electron chi connectivity index (χ3n) is 3.64. The third-order valence-corrected chi connectivity index (χ3v) is 4.42. The van der Waals surface area contributed by atoms with Crippen molar-refractivity contribution in [3.8, 4) is 0 Å². The summed E-state index contributed by atoms with van der Waals surface area (Å²) in [7, 11) is 2.09. The van der Waals surface area contributed by atoms with Crippen LogP contribution in [0.3, 0.4) is 0 Å². The molecule has 1 fully saturated rings. The van der Waals surface area contributed by atoms with E-state index < -0.39 is 0 Å². The molecule has 0 aliphatic carbocycles. The van der Waals surface area contributed by atoms with E-state index in [2.05, 4.69) is 51.6 Å². The Bertz CT molecular complexity index is 318. The minimum Gasteiger partial charge on any atom is -0.345 e. The third kappa shape index (κ3) is 2.69. The highest BCUT2D eigenvalue weighted by molar-refractivity contribution is 9.10. The normalized spacial score (nSPS) is 20.7. The molecule has 0 spiro atoms. The first kappa shape index (κ1) is 12.2. The van der Waals surface area contributed by atoms with E-state index in [0.717, 1.165) is 0 Å². The summed E-state index contributed by atoms with van der Waals surface area (Å²) < 4.78 is 3.31. The summed E-state index contributed by atoms with van der Waals surface area (Å²) in [4.78, 5) is 2.62. The topological polar surface area (TPSA) is 8.17 Å². The molecule has 2 heterocycles. The van der Waals surface area contributed by atoms with Crippen LogP contribution in [0.15, 0.2) is 16.9 Å². The minimum atomic E-state index is 0.551. The summed E-state index contributed by atoms with van der Waals surface area (Å²) in [6, 6.07) is 2.80. The van der Waals surface area contributed by atoms with Crippen LogP contribution in [0.5, 0.6) is 0 Å². The number of hydrogen-bond acceptors (Lipinski definition) is 1. The standard InChI is InChI=1S/C13H21BrN2/c1-11(12-9-13(14)15(2)10-12)16-7-5-3-4-6-8-16/h9-11H,3-8H2,1-2H3. The van der Waals surface area contributed by atoms with Gasteiger partial charge in [-0.25, -0.2) is 0 Å². The van der Waals surface area contributed by atoms with Crippen molar-refractivity contribution < 1.29 is 0 Å². The molecule has 0 amide bonds. The number of likely N-dealkylation sites (tertiary alicyclic amines) is 1. The molecule has 1 saturated heterocycles. The lowest BCUT2D eigenvalue weighted by Crippen LogP contribution is -2.27. The van der Waals surface area contributed by atoms with Crippen molar-refractivity contribution in [2.75, 3.05) is 13.1 Å². The van der Waals surface area contributed by atoms with Crippen molar-refractivity contribution >= 4 is 15.9 Å². The highest BCUT2D eigenvalue weighted by atomic mass is 79.9. The Balaban J connectivity index is 2.07. The number of aromatic nitrogens is 1. The average Bonchev–Trinajstić information content (AvgIpc) is 2.51. The molecule has 2 nitrogen and oxygen atoms in total. The Kier molecular flexibility index (Phi) is 4.09. The summed E-state index contributed by atoms with van der Waals surface area (Å²) >= 11 is 3.57. The largest absolute Gasteiger partial charge is 0.345 e. The summed E-state index contributed by atoms with van der Waals surface area (Å²) in [5, 5.41) is 0. The van der Waals surface area contributed by atoms with E-state index in [4.69, 9.17) is 0 Å². The second-order valence-electron chi connectivity index (χ2n) is 4.83. The lowest BCUT2D eigenvalue weighted by Gasteiger charge is -2.26. The van der Waals surface area contributed by atoms with Gasteiger partial charge in [0.05, 0.1) is 4.60 Å². The molecule has 0 aromatic carbocycles. The van der Waals surface area contributed by atoms with E-state index in [1.54, 1.807) is 0 Å². The molecule has 2 rings (SSSR count). The van der Waals surface area contributed by atoms with Crippen molar-refractivity contribution in [1.29, 1.82) is 0 Å². The highest BCUT2D eigenvalue weighted by Gasteiger charge is 2.18. The summed E-state index contributed by atoms with van der Waals surface area (Å²) in [6.45, 7) is 4.84. The predicted octanol–water partition coefficient (Wildman–Crippen LogP) is 3.72. The van der Waals surface area contributed by atoms with Crippen LogP contribution < -0.4 is 0 Å². The molecule has 0 N–H and O–H groups in total. The second kappa shape index (κ2) is 5.37. The van der Waals surface area contributed by atoms with Gasteiger partial charge in [-0.15, -0.1) is 0 Å². The summed E-state index contributed by atoms with van der Waals surface area (Å²) in [5.41, 5.74) is 1.43. The molecule has 1 atom stereocenters. The van der Waals surface area contributed by atoms with Gasteiger partial charge in [-0.1, -0.05) is 12.8 Å². The zero-order valence-corrected chi connectivity index (χ0v) is 11.8. The van der Waals surface area contributed by atoms with Gasteiger partial charge in [0.2, 0.25) is 0 Å². The summed E-state index contributed by atoms with van der Waals surface area (Å²) in [5.74, 6) is 0. The van der Waals surface area contributed by atoms with E-state index >= 15 is 0 Å². The summed E-state index contributed by atoms with van der Waals surface area (Å²) in [6.07, 6.45) is 7.76. The van der Waals surface area contributed by atoms with Crippen LogP contribution in [0.1, 0.15) is 44.2 Å². The zero-order valence-electron chi connectivity index (χ0n) is 10.2. The van der Waals surface area contributed by atoms with Crippen LogP contribution in [-0.2, 0) is 7.05 Å². The fourth-order valence-corrected chi connectivity index (χ4v) is 2.85. The van der Waals surface area contributed by atoms with Crippen molar-refractivity contribution in [3.05, 3.63) is 22.4 Å². The molecule has 1 aliphatic rings. The molecule has 1 aromatic rings. The maximum absolute atomic E-state index is 3.57. The van der Waals surface area contributed by atoms with Crippen LogP contribution >= 0.6 is 15.9 Å². The number of halogens is 1. The van der Waals surface area contributed by atoms with Crippen molar-refractivity contribution in [2.24, 2.45) is 7.05 Å². The molecule has 90 valence electrons. The highest BCUT2D eigenvalue weighted by Crippen LogP contribution is 2.26. The smallest absolute Gasteiger partial charge is 0.0847 e. The van der Waals surface area contributed by atoms with Gasteiger partial charge in [-0.3, -0.25) is 4.90 Å². The van der Waals surface area contributed by atoms with Crippen LogP contribution in [0.2, 0.25) is 0 Å². The van der Waals surface area contributed by atoms with Crippen LogP contribution in [0, 0.1) is 0 Å². The van der Waals surface area contributed by atoms with Crippen molar-refractivity contribution in [1.82, 2.24) is 9.47 Å². The van der Waals surface area contributed by atoms with Crippen molar-refractivity contribution in [3.63, 3.8) is 0 Å². The van der Waals surface area contributed by atoms with E-state index in [1.807, 2.05) is 0 Å². The number of rotatable bonds is 2. The minimum absolute atomic E-state index is 0.551. The molecular formula is C13H21BrN2. The molecule has 0 saturated carbocycles. The van der Waals surface area contributed by atoms with E-state index in [1.165, 1.54) is 48.9 Å². The Morgan fingerprint density at radius 2 is 1.81 bits per heavy atom.